The van der Waals surface area contributed by atoms with E-state index in [1.54, 1.807) is 6.08 Å². The molecule has 0 fully saturated rings. The summed E-state index contributed by atoms with van der Waals surface area (Å²) in [5.41, 5.74) is 3.21. The van der Waals surface area contributed by atoms with Gasteiger partial charge in [0, 0.05) is 5.88 Å². The van der Waals surface area contributed by atoms with E-state index in [0.29, 0.717) is 5.56 Å². The Morgan fingerprint density at radius 3 is 2.32 bits per heavy atom. The molecule has 0 atom stereocenters. The third-order valence-corrected chi connectivity index (χ3v) is 3.97. The van der Waals surface area contributed by atoms with Crippen molar-refractivity contribution in [3.8, 4) is 0 Å². The van der Waals surface area contributed by atoms with Crippen molar-refractivity contribution in [1.29, 1.82) is 0 Å². The number of alkyl halides is 4. The first kappa shape index (κ1) is 16.6. The Morgan fingerprint density at radius 2 is 1.68 bits per heavy atom. The Bertz CT molecular complexity index is 700. The zero-order chi connectivity index (χ0) is 16.3. The standard InChI is InChI=1S/C18H16ClF3/c1-12-4-3-5-15(13(12)2)7-8-16-10-14(11-19)6-9-17(16)18(20,21)22/h3-10H,11H2,1-2H3/b8-7+. The van der Waals surface area contributed by atoms with E-state index >= 15 is 0 Å². The van der Waals surface area contributed by atoms with Crippen molar-refractivity contribution in [3.63, 3.8) is 0 Å². The summed E-state index contributed by atoms with van der Waals surface area (Å²) in [4.78, 5) is 0. The van der Waals surface area contributed by atoms with E-state index in [2.05, 4.69) is 0 Å². The van der Waals surface area contributed by atoms with Gasteiger partial charge in [-0.25, -0.2) is 0 Å². The molecule has 0 amide bonds. The molecule has 0 spiro atoms. The van der Waals surface area contributed by atoms with Crippen LogP contribution in [-0.2, 0) is 12.1 Å². The molecule has 0 nitrogen and oxygen atoms in total. The van der Waals surface area contributed by atoms with Crippen LogP contribution in [0.2, 0.25) is 0 Å². The summed E-state index contributed by atoms with van der Waals surface area (Å²) in [7, 11) is 0. The van der Waals surface area contributed by atoms with Gasteiger partial charge in [0.2, 0.25) is 0 Å². The number of hydrogen-bond acceptors (Lipinski definition) is 0. The quantitative estimate of drug-likeness (QED) is 0.463. The van der Waals surface area contributed by atoms with Gasteiger partial charge in [0.05, 0.1) is 5.56 Å². The van der Waals surface area contributed by atoms with E-state index in [1.165, 1.54) is 18.2 Å². The van der Waals surface area contributed by atoms with Crippen LogP contribution in [0, 0.1) is 13.8 Å². The second-order valence-electron chi connectivity index (χ2n) is 5.18. The Morgan fingerprint density at radius 1 is 1.00 bits per heavy atom. The fourth-order valence-corrected chi connectivity index (χ4v) is 2.39. The minimum Gasteiger partial charge on any atom is -0.166 e. The van der Waals surface area contributed by atoms with Gasteiger partial charge < -0.3 is 0 Å². The molecule has 0 unspecified atom stereocenters. The van der Waals surface area contributed by atoms with Crippen molar-refractivity contribution in [1.82, 2.24) is 0 Å². The minimum absolute atomic E-state index is 0.131. The first-order valence-electron chi connectivity index (χ1n) is 6.83. The molecule has 2 aromatic carbocycles. The van der Waals surface area contributed by atoms with Gasteiger partial charge >= 0.3 is 6.18 Å². The van der Waals surface area contributed by atoms with Gasteiger partial charge in [0.1, 0.15) is 0 Å². The largest absolute Gasteiger partial charge is 0.416 e. The van der Waals surface area contributed by atoms with Gasteiger partial charge in [-0.2, -0.15) is 13.2 Å². The molecule has 0 N–H and O–H groups in total. The average Bonchev–Trinajstić information content (AvgIpc) is 2.47. The molecule has 0 heterocycles. The highest BCUT2D eigenvalue weighted by Gasteiger charge is 2.32. The van der Waals surface area contributed by atoms with Crippen molar-refractivity contribution in [2.24, 2.45) is 0 Å². The Hall–Kier alpha value is -1.74. The molecular formula is C18H16ClF3. The fourth-order valence-electron chi connectivity index (χ4n) is 2.23. The van der Waals surface area contributed by atoms with Crippen LogP contribution in [0.5, 0.6) is 0 Å². The third-order valence-electron chi connectivity index (χ3n) is 3.66. The Balaban J connectivity index is 2.47. The summed E-state index contributed by atoms with van der Waals surface area (Å²) >= 11 is 5.72. The second-order valence-corrected chi connectivity index (χ2v) is 5.44. The van der Waals surface area contributed by atoms with Gasteiger partial charge in [-0.3, -0.25) is 0 Å². The molecular weight excluding hydrogens is 309 g/mol. The molecule has 0 bridgehead atoms. The summed E-state index contributed by atoms with van der Waals surface area (Å²) in [6.45, 7) is 3.93. The molecule has 0 saturated heterocycles. The lowest BCUT2D eigenvalue weighted by molar-refractivity contribution is -0.137. The monoisotopic (exact) mass is 324 g/mol. The number of rotatable bonds is 3. The van der Waals surface area contributed by atoms with Gasteiger partial charge in [-0.1, -0.05) is 36.4 Å². The van der Waals surface area contributed by atoms with Crippen LogP contribution in [0.4, 0.5) is 13.2 Å². The predicted molar refractivity (Wildman–Crippen MR) is 85.8 cm³/mol. The minimum atomic E-state index is -4.38. The maximum atomic E-state index is 13.1. The Labute approximate surface area is 133 Å². The summed E-state index contributed by atoms with van der Waals surface area (Å²) in [6.07, 6.45) is -1.17. The van der Waals surface area contributed by atoms with E-state index < -0.39 is 11.7 Å². The molecule has 0 aliphatic carbocycles. The highest BCUT2D eigenvalue weighted by Crippen LogP contribution is 2.33. The molecule has 2 aromatic rings. The van der Waals surface area contributed by atoms with E-state index in [1.807, 2.05) is 32.0 Å². The normalized spacial score (nSPS) is 12.1. The van der Waals surface area contributed by atoms with E-state index in [0.717, 1.165) is 22.8 Å². The van der Waals surface area contributed by atoms with Gasteiger partial charge in [-0.05, 0) is 53.8 Å². The predicted octanol–water partition coefficient (Wildman–Crippen LogP) is 6.23. The van der Waals surface area contributed by atoms with Gasteiger partial charge in [0.25, 0.3) is 0 Å². The first-order valence-corrected chi connectivity index (χ1v) is 7.37. The third kappa shape index (κ3) is 3.72. The molecule has 0 aliphatic heterocycles. The van der Waals surface area contributed by atoms with Crippen molar-refractivity contribution < 1.29 is 13.2 Å². The molecule has 0 aliphatic rings. The highest BCUT2D eigenvalue weighted by atomic mass is 35.5. The lowest BCUT2D eigenvalue weighted by Crippen LogP contribution is -2.07. The molecule has 4 heteroatoms. The SMILES string of the molecule is Cc1cccc(/C=C/c2cc(CCl)ccc2C(F)(F)F)c1C. The molecule has 22 heavy (non-hydrogen) atoms. The smallest absolute Gasteiger partial charge is 0.166 e. The summed E-state index contributed by atoms with van der Waals surface area (Å²) in [6, 6.07) is 9.73. The van der Waals surface area contributed by atoms with Gasteiger partial charge in [-0.15, -0.1) is 11.6 Å². The summed E-state index contributed by atoms with van der Waals surface area (Å²) in [5.74, 6) is 0.183. The van der Waals surface area contributed by atoms with Crippen LogP contribution in [0.1, 0.15) is 33.4 Å². The van der Waals surface area contributed by atoms with Crippen LogP contribution < -0.4 is 0 Å². The van der Waals surface area contributed by atoms with Crippen molar-refractivity contribution in [3.05, 3.63) is 69.8 Å². The maximum Gasteiger partial charge on any atom is 0.416 e. The number of benzene rings is 2. The van der Waals surface area contributed by atoms with Crippen LogP contribution in [0.25, 0.3) is 12.2 Å². The zero-order valence-corrected chi connectivity index (χ0v) is 13.1. The average molecular weight is 325 g/mol. The molecule has 2 rings (SSSR count). The Kier molecular flexibility index (Phi) is 4.97. The first-order chi connectivity index (χ1) is 10.3. The molecule has 0 aromatic heterocycles. The van der Waals surface area contributed by atoms with E-state index in [4.69, 9.17) is 11.6 Å². The topological polar surface area (TPSA) is 0 Å². The lowest BCUT2D eigenvalue weighted by Gasteiger charge is -2.12. The molecule has 0 radical (unpaired) electrons. The summed E-state index contributed by atoms with van der Waals surface area (Å²) in [5, 5.41) is 0. The van der Waals surface area contributed by atoms with Crippen LogP contribution in [0.3, 0.4) is 0 Å². The van der Waals surface area contributed by atoms with E-state index in [-0.39, 0.29) is 11.4 Å². The van der Waals surface area contributed by atoms with Gasteiger partial charge in [0.15, 0.2) is 0 Å². The van der Waals surface area contributed by atoms with Crippen molar-refractivity contribution >= 4 is 23.8 Å². The van der Waals surface area contributed by atoms with Crippen LogP contribution in [0.15, 0.2) is 36.4 Å². The van der Waals surface area contributed by atoms with Crippen LogP contribution in [-0.4, -0.2) is 0 Å². The zero-order valence-electron chi connectivity index (χ0n) is 12.3. The number of hydrogen-bond donors (Lipinski definition) is 0. The second kappa shape index (κ2) is 6.57. The highest BCUT2D eigenvalue weighted by molar-refractivity contribution is 6.17. The number of halogens is 4. The maximum absolute atomic E-state index is 13.1. The summed E-state index contributed by atoms with van der Waals surface area (Å²) < 4.78 is 39.3. The van der Waals surface area contributed by atoms with Crippen molar-refractivity contribution in [2.45, 2.75) is 25.9 Å². The van der Waals surface area contributed by atoms with Crippen molar-refractivity contribution in [2.75, 3.05) is 0 Å². The fraction of sp³-hybridized carbons (Fsp3) is 0.222. The van der Waals surface area contributed by atoms with E-state index in [9.17, 15) is 13.2 Å². The van der Waals surface area contributed by atoms with Crippen LogP contribution >= 0.6 is 11.6 Å². The lowest BCUT2D eigenvalue weighted by atomic mass is 10.00. The molecule has 116 valence electrons. The number of aryl methyl sites for hydroxylation is 1. The molecule has 0 saturated carbocycles.